The average Bonchev–Trinajstić information content (AvgIpc) is 2.41. The van der Waals surface area contributed by atoms with Crippen molar-refractivity contribution in [3.63, 3.8) is 0 Å². The van der Waals surface area contributed by atoms with Crippen LogP contribution in [0.15, 0.2) is 22.7 Å². The third kappa shape index (κ3) is 3.37. The summed E-state index contributed by atoms with van der Waals surface area (Å²) in [7, 11) is 0. The van der Waals surface area contributed by atoms with E-state index in [2.05, 4.69) is 21.2 Å². The molecule has 2 unspecified atom stereocenters. The van der Waals surface area contributed by atoms with Crippen LogP contribution < -0.4 is 11.1 Å². The lowest BCUT2D eigenvalue weighted by Crippen LogP contribution is -2.40. The van der Waals surface area contributed by atoms with E-state index in [4.69, 9.17) is 10.8 Å². The first-order chi connectivity index (χ1) is 9.49. The van der Waals surface area contributed by atoms with Gasteiger partial charge in [0.25, 0.3) is 0 Å². The van der Waals surface area contributed by atoms with E-state index >= 15 is 0 Å². The minimum Gasteiger partial charge on any atom is -0.478 e. The number of carbonyl (C=O) groups excluding carboxylic acids is 1. The van der Waals surface area contributed by atoms with Gasteiger partial charge in [-0.15, -0.1) is 0 Å². The topological polar surface area (TPSA) is 92.4 Å². The van der Waals surface area contributed by atoms with Gasteiger partial charge in [-0.3, -0.25) is 4.79 Å². The summed E-state index contributed by atoms with van der Waals surface area (Å²) in [4.78, 5) is 23.2. The molecule has 1 saturated carbocycles. The molecular formula is C14H17BrN2O3. The van der Waals surface area contributed by atoms with Gasteiger partial charge in [0.15, 0.2) is 0 Å². The highest BCUT2D eigenvalue weighted by atomic mass is 79.9. The number of hydrogen-bond acceptors (Lipinski definition) is 3. The highest BCUT2D eigenvalue weighted by Gasteiger charge is 2.28. The molecule has 1 aliphatic rings. The van der Waals surface area contributed by atoms with Crippen molar-refractivity contribution in [1.82, 2.24) is 0 Å². The summed E-state index contributed by atoms with van der Waals surface area (Å²) in [5, 5.41) is 11.8. The number of carbonyl (C=O) groups is 2. The maximum absolute atomic E-state index is 12.2. The zero-order valence-corrected chi connectivity index (χ0v) is 12.5. The zero-order chi connectivity index (χ0) is 14.7. The van der Waals surface area contributed by atoms with Crippen molar-refractivity contribution in [3.8, 4) is 0 Å². The van der Waals surface area contributed by atoms with E-state index in [9.17, 15) is 9.59 Å². The molecule has 4 N–H and O–H groups in total. The maximum atomic E-state index is 12.2. The summed E-state index contributed by atoms with van der Waals surface area (Å²) in [6.07, 6.45) is 3.72. The van der Waals surface area contributed by atoms with E-state index in [1.807, 2.05) is 0 Å². The van der Waals surface area contributed by atoms with Gasteiger partial charge in [-0.25, -0.2) is 4.79 Å². The van der Waals surface area contributed by atoms with Gasteiger partial charge in [-0.1, -0.05) is 12.8 Å². The fraction of sp³-hybridized carbons (Fsp3) is 0.429. The highest BCUT2D eigenvalue weighted by molar-refractivity contribution is 9.10. The molecule has 20 heavy (non-hydrogen) atoms. The fourth-order valence-electron chi connectivity index (χ4n) is 2.49. The molecule has 1 aromatic carbocycles. The SMILES string of the molecule is NC1CCCCC1C(=O)Nc1ccc(Br)c(C(=O)O)c1. The first kappa shape index (κ1) is 15.0. The molecule has 0 bridgehead atoms. The van der Waals surface area contributed by atoms with Crippen LogP contribution in [0.3, 0.4) is 0 Å². The number of carboxylic acid groups (broad SMARTS) is 1. The van der Waals surface area contributed by atoms with Crippen LogP contribution in [0, 0.1) is 5.92 Å². The van der Waals surface area contributed by atoms with Crippen LogP contribution in [-0.2, 0) is 4.79 Å². The Morgan fingerprint density at radius 1 is 1.30 bits per heavy atom. The summed E-state index contributed by atoms with van der Waals surface area (Å²) in [6.45, 7) is 0. The van der Waals surface area contributed by atoms with Gasteiger partial charge in [-0.2, -0.15) is 0 Å². The molecular weight excluding hydrogens is 324 g/mol. The van der Waals surface area contributed by atoms with Gasteiger partial charge in [0.2, 0.25) is 5.91 Å². The number of carboxylic acids is 1. The number of halogens is 1. The Kier molecular flexibility index (Phi) is 4.77. The van der Waals surface area contributed by atoms with Gasteiger partial charge >= 0.3 is 5.97 Å². The highest BCUT2D eigenvalue weighted by Crippen LogP contribution is 2.26. The molecule has 0 aliphatic heterocycles. The Hall–Kier alpha value is -1.40. The number of amides is 1. The van der Waals surface area contributed by atoms with Gasteiger partial charge in [0, 0.05) is 16.2 Å². The van der Waals surface area contributed by atoms with Crippen molar-refractivity contribution in [2.24, 2.45) is 11.7 Å². The minimum absolute atomic E-state index is 0.113. The minimum atomic E-state index is -1.04. The van der Waals surface area contributed by atoms with Gasteiger partial charge < -0.3 is 16.2 Å². The lowest BCUT2D eigenvalue weighted by atomic mass is 9.84. The molecule has 0 saturated heterocycles. The Bertz CT molecular complexity index is 533. The molecule has 1 aromatic rings. The average molecular weight is 341 g/mol. The summed E-state index contributed by atoms with van der Waals surface area (Å²) in [5.41, 5.74) is 6.57. The molecule has 0 aromatic heterocycles. The second kappa shape index (κ2) is 6.37. The second-order valence-corrected chi connectivity index (χ2v) is 5.90. The quantitative estimate of drug-likeness (QED) is 0.788. The fourth-order valence-corrected chi connectivity index (χ4v) is 2.90. The molecule has 1 aliphatic carbocycles. The summed E-state index contributed by atoms with van der Waals surface area (Å²) in [6, 6.07) is 4.61. The molecule has 1 amide bonds. The molecule has 108 valence electrons. The number of nitrogens with one attached hydrogen (secondary N) is 1. The lowest BCUT2D eigenvalue weighted by Gasteiger charge is -2.27. The van der Waals surface area contributed by atoms with Crippen LogP contribution in [0.25, 0.3) is 0 Å². The van der Waals surface area contributed by atoms with Crippen LogP contribution in [0.4, 0.5) is 5.69 Å². The van der Waals surface area contributed by atoms with Crippen molar-refractivity contribution in [2.45, 2.75) is 31.7 Å². The van der Waals surface area contributed by atoms with Crippen LogP contribution in [0.2, 0.25) is 0 Å². The number of hydrogen-bond donors (Lipinski definition) is 3. The largest absolute Gasteiger partial charge is 0.478 e. The predicted molar refractivity (Wildman–Crippen MR) is 79.7 cm³/mol. The van der Waals surface area contributed by atoms with Crippen LogP contribution >= 0.6 is 15.9 Å². The number of aromatic carboxylic acids is 1. The standard InChI is InChI=1S/C14H17BrN2O3/c15-11-6-5-8(7-10(11)14(19)20)17-13(18)9-3-1-2-4-12(9)16/h5-7,9,12H,1-4,16H2,(H,17,18)(H,19,20). The van der Waals surface area contributed by atoms with E-state index in [0.29, 0.717) is 10.2 Å². The first-order valence-corrected chi connectivity index (χ1v) is 7.37. The molecule has 5 nitrogen and oxygen atoms in total. The third-order valence-electron chi connectivity index (χ3n) is 3.62. The number of anilines is 1. The molecule has 2 atom stereocenters. The third-order valence-corrected chi connectivity index (χ3v) is 4.31. The van der Waals surface area contributed by atoms with Crippen molar-refractivity contribution >= 4 is 33.5 Å². The van der Waals surface area contributed by atoms with Crippen molar-refractivity contribution in [2.75, 3.05) is 5.32 Å². The summed E-state index contributed by atoms with van der Waals surface area (Å²) in [5.74, 6) is -1.36. The molecule has 0 radical (unpaired) electrons. The monoisotopic (exact) mass is 340 g/mol. The number of nitrogens with two attached hydrogens (primary N) is 1. The number of rotatable bonds is 3. The van der Waals surface area contributed by atoms with E-state index in [1.54, 1.807) is 12.1 Å². The van der Waals surface area contributed by atoms with Gasteiger partial charge in [-0.05, 0) is 47.0 Å². The van der Waals surface area contributed by atoms with Gasteiger partial charge in [0.05, 0.1) is 11.5 Å². The van der Waals surface area contributed by atoms with E-state index in [0.717, 1.165) is 25.7 Å². The second-order valence-electron chi connectivity index (χ2n) is 5.04. The maximum Gasteiger partial charge on any atom is 0.336 e. The zero-order valence-electron chi connectivity index (χ0n) is 10.9. The van der Waals surface area contributed by atoms with Crippen molar-refractivity contribution < 1.29 is 14.7 Å². The van der Waals surface area contributed by atoms with Crippen molar-refractivity contribution in [3.05, 3.63) is 28.2 Å². The predicted octanol–water partition coefficient (Wildman–Crippen LogP) is 2.60. The molecule has 1 fully saturated rings. The van der Waals surface area contributed by atoms with E-state index < -0.39 is 5.97 Å². The van der Waals surface area contributed by atoms with Crippen LogP contribution in [-0.4, -0.2) is 23.0 Å². The summed E-state index contributed by atoms with van der Waals surface area (Å²) >= 11 is 3.17. The Balaban J connectivity index is 2.11. The van der Waals surface area contributed by atoms with E-state index in [-0.39, 0.29) is 23.4 Å². The van der Waals surface area contributed by atoms with E-state index in [1.165, 1.54) is 6.07 Å². The Morgan fingerprint density at radius 3 is 2.65 bits per heavy atom. The van der Waals surface area contributed by atoms with Crippen molar-refractivity contribution in [1.29, 1.82) is 0 Å². The van der Waals surface area contributed by atoms with Crippen LogP contribution in [0.1, 0.15) is 36.0 Å². The smallest absolute Gasteiger partial charge is 0.336 e. The lowest BCUT2D eigenvalue weighted by molar-refractivity contribution is -0.121. The number of benzene rings is 1. The molecule has 6 heteroatoms. The first-order valence-electron chi connectivity index (χ1n) is 6.58. The van der Waals surface area contributed by atoms with Gasteiger partial charge in [0.1, 0.15) is 0 Å². The Labute approximate surface area is 125 Å². The summed E-state index contributed by atoms with van der Waals surface area (Å²) < 4.78 is 0.484. The molecule has 2 rings (SSSR count). The molecule has 0 spiro atoms. The van der Waals surface area contributed by atoms with Crippen LogP contribution in [0.5, 0.6) is 0 Å². The molecule has 0 heterocycles. The normalized spacial score (nSPS) is 22.3. The Morgan fingerprint density at radius 2 is 2.00 bits per heavy atom.